The third-order valence-electron chi connectivity index (χ3n) is 1.18. The zero-order chi connectivity index (χ0) is 8.97. The molecule has 1 aromatic carbocycles. The summed E-state index contributed by atoms with van der Waals surface area (Å²) < 4.78 is 12.4. The van der Waals surface area contributed by atoms with Gasteiger partial charge in [-0.1, -0.05) is 0 Å². The van der Waals surface area contributed by atoms with E-state index in [1.165, 1.54) is 23.9 Å². The molecule has 0 aliphatic carbocycles. The van der Waals surface area contributed by atoms with Gasteiger partial charge < -0.3 is 0 Å². The molecule has 0 saturated heterocycles. The number of rotatable bonds is 3. The van der Waals surface area contributed by atoms with Crippen LogP contribution in [0.1, 0.15) is 0 Å². The molecule has 1 aromatic rings. The molecule has 0 spiro atoms. The van der Waals surface area contributed by atoms with Crippen LogP contribution in [0.15, 0.2) is 29.2 Å². The summed E-state index contributed by atoms with van der Waals surface area (Å²) in [5.41, 5.74) is 6.64. The Hall–Kier alpha value is -1.03. The SMILES string of the molecule is [NH]C(=O)CSc1ccc(F)cc1. The van der Waals surface area contributed by atoms with Gasteiger partial charge in [0, 0.05) is 4.90 Å². The average molecular weight is 184 g/mol. The van der Waals surface area contributed by atoms with Gasteiger partial charge in [-0.3, -0.25) is 10.5 Å². The lowest BCUT2D eigenvalue weighted by molar-refractivity contribution is -0.116. The first-order chi connectivity index (χ1) is 5.68. The second-order valence-corrected chi connectivity index (χ2v) is 3.21. The molecule has 0 atom stereocenters. The topological polar surface area (TPSA) is 40.9 Å². The highest BCUT2D eigenvalue weighted by molar-refractivity contribution is 8.00. The summed E-state index contributed by atoms with van der Waals surface area (Å²) in [7, 11) is 0. The van der Waals surface area contributed by atoms with E-state index in [4.69, 9.17) is 5.73 Å². The smallest absolute Gasteiger partial charge is 0.248 e. The lowest BCUT2D eigenvalue weighted by atomic mass is 10.4. The minimum absolute atomic E-state index is 0.117. The minimum atomic E-state index is -0.621. The minimum Gasteiger partial charge on any atom is -0.272 e. The summed E-state index contributed by atoms with van der Waals surface area (Å²) in [6.45, 7) is 0. The molecule has 0 bridgehead atoms. The fourth-order valence-electron chi connectivity index (χ4n) is 0.680. The van der Waals surface area contributed by atoms with Crippen LogP contribution in [0.25, 0.3) is 0 Å². The zero-order valence-corrected chi connectivity index (χ0v) is 7.03. The number of hydrogen-bond acceptors (Lipinski definition) is 2. The normalized spacial score (nSPS) is 9.75. The zero-order valence-electron chi connectivity index (χ0n) is 6.21. The Morgan fingerprint density at radius 1 is 1.42 bits per heavy atom. The molecule has 2 nitrogen and oxygen atoms in total. The first-order valence-corrected chi connectivity index (χ1v) is 4.30. The van der Waals surface area contributed by atoms with Crippen molar-refractivity contribution in [3.63, 3.8) is 0 Å². The van der Waals surface area contributed by atoms with Gasteiger partial charge in [0.15, 0.2) is 0 Å². The summed E-state index contributed by atoms with van der Waals surface area (Å²) in [4.78, 5) is 11.1. The molecule has 0 aliphatic rings. The summed E-state index contributed by atoms with van der Waals surface area (Å²) in [6, 6.07) is 5.83. The monoisotopic (exact) mass is 184 g/mol. The molecule has 0 unspecified atom stereocenters. The Kier molecular flexibility index (Phi) is 3.10. The van der Waals surface area contributed by atoms with Crippen LogP contribution in [0.5, 0.6) is 0 Å². The van der Waals surface area contributed by atoms with Crippen LogP contribution >= 0.6 is 11.8 Å². The lowest BCUT2D eigenvalue weighted by Gasteiger charge is -1.96. The predicted molar refractivity (Wildman–Crippen MR) is 45.2 cm³/mol. The van der Waals surface area contributed by atoms with Gasteiger partial charge in [0.05, 0.1) is 5.75 Å². The van der Waals surface area contributed by atoms with Crippen LogP contribution in [0.4, 0.5) is 4.39 Å². The molecule has 4 heteroatoms. The van der Waals surface area contributed by atoms with Crippen molar-refractivity contribution in [2.45, 2.75) is 4.90 Å². The van der Waals surface area contributed by atoms with Crippen LogP contribution in [-0.2, 0) is 4.79 Å². The van der Waals surface area contributed by atoms with Gasteiger partial charge >= 0.3 is 0 Å². The summed E-state index contributed by atoms with van der Waals surface area (Å²) in [5.74, 6) is -0.799. The Labute approximate surface area is 74.0 Å². The Balaban J connectivity index is 2.53. The van der Waals surface area contributed by atoms with E-state index in [9.17, 15) is 9.18 Å². The largest absolute Gasteiger partial charge is 0.272 e. The van der Waals surface area contributed by atoms with E-state index in [1.807, 2.05) is 0 Å². The number of hydrogen-bond donors (Lipinski definition) is 0. The highest BCUT2D eigenvalue weighted by atomic mass is 32.2. The van der Waals surface area contributed by atoms with Crippen molar-refractivity contribution in [2.75, 3.05) is 5.75 Å². The number of thioether (sulfide) groups is 1. The van der Waals surface area contributed by atoms with Gasteiger partial charge in [0.1, 0.15) is 5.82 Å². The van der Waals surface area contributed by atoms with Gasteiger partial charge in [-0.15, -0.1) is 11.8 Å². The standard InChI is InChI=1S/C8H7FNOS/c9-6-1-3-7(4-2-6)12-5-8(10)11/h1-4,10H,5H2. The maximum absolute atomic E-state index is 12.4. The van der Waals surface area contributed by atoms with Gasteiger partial charge in [0.25, 0.3) is 0 Å². The van der Waals surface area contributed by atoms with E-state index in [2.05, 4.69) is 0 Å². The molecule has 63 valence electrons. The van der Waals surface area contributed by atoms with Crippen LogP contribution in [-0.4, -0.2) is 11.7 Å². The second kappa shape index (κ2) is 4.11. The molecule has 0 heterocycles. The number of benzene rings is 1. The fraction of sp³-hybridized carbons (Fsp3) is 0.125. The molecule has 0 saturated carbocycles. The third kappa shape index (κ3) is 2.92. The quantitative estimate of drug-likeness (QED) is 0.671. The summed E-state index contributed by atoms with van der Waals surface area (Å²) in [6.07, 6.45) is 0. The molecule has 0 fully saturated rings. The van der Waals surface area contributed by atoms with Crippen LogP contribution in [0.3, 0.4) is 0 Å². The lowest BCUT2D eigenvalue weighted by Crippen LogP contribution is -2.00. The van der Waals surface area contributed by atoms with E-state index >= 15 is 0 Å². The van der Waals surface area contributed by atoms with E-state index in [-0.39, 0.29) is 11.6 Å². The maximum Gasteiger partial charge on any atom is 0.248 e. The Bertz CT molecular complexity index is 273. The molecular formula is C8H7FNOS. The number of amides is 1. The highest BCUT2D eigenvalue weighted by Gasteiger charge is 1.98. The van der Waals surface area contributed by atoms with Crippen molar-refractivity contribution >= 4 is 17.7 Å². The van der Waals surface area contributed by atoms with Crippen LogP contribution < -0.4 is 5.73 Å². The predicted octanol–water partition coefficient (Wildman–Crippen LogP) is 1.73. The van der Waals surface area contributed by atoms with E-state index in [1.54, 1.807) is 12.1 Å². The molecular weight excluding hydrogens is 177 g/mol. The summed E-state index contributed by atoms with van der Waals surface area (Å²) >= 11 is 1.23. The molecule has 1 N–H and O–H groups in total. The fourth-order valence-corrected chi connectivity index (χ4v) is 1.31. The number of carbonyl (C=O) groups is 1. The van der Waals surface area contributed by atoms with Crippen molar-refractivity contribution in [3.8, 4) is 0 Å². The van der Waals surface area contributed by atoms with Gasteiger partial charge in [-0.05, 0) is 24.3 Å². The van der Waals surface area contributed by atoms with Crippen molar-refractivity contribution in [1.82, 2.24) is 5.73 Å². The van der Waals surface area contributed by atoms with E-state index < -0.39 is 5.91 Å². The van der Waals surface area contributed by atoms with Crippen molar-refractivity contribution in [2.24, 2.45) is 0 Å². The van der Waals surface area contributed by atoms with E-state index in [0.717, 1.165) is 4.90 Å². The molecule has 0 aliphatic heterocycles. The molecule has 12 heavy (non-hydrogen) atoms. The van der Waals surface area contributed by atoms with E-state index in [0.29, 0.717) is 0 Å². The number of carbonyl (C=O) groups excluding carboxylic acids is 1. The van der Waals surface area contributed by atoms with Crippen LogP contribution in [0.2, 0.25) is 0 Å². The molecule has 1 amide bonds. The molecule has 1 rings (SSSR count). The first kappa shape index (κ1) is 9.06. The third-order valence-corrected chi connectivity index (χ3v) is 2.20. The van der Waals surface area contributed by atoms with Crippen molar-refractivity contribution in [1.29, 1.82) is 0 Å². The second-order valence-electron chi connectivity index (χ2n) is 2.17. The van der Waals surface area contributed by atoms with Crippen molar-refractivity contribution in [3.05, 3.63) is 30.1 Å². The maximum atomic E-state index is 12.4. The highest BCUT2D eigenvalue weighted by Crippen LogP contribution is 2.17. The van der Waals surface area contributed by atoms with Gasteiger partial charge in [-0.25, -0.2) is 4.39 Å². The summed E-state index contributed by atoms with van der Waals surface area (Å²) in [5, 5.41) is 0. The number of nitrogens with one attached hydrogen (secondary N) is 1. The molecule has 0 aromatic heterocycles. The Morgan fingerprint density at radius 3 is 2.50 bits per heavy atom. The van der Waals surface area contributed by atoms with Gasteiger partial charge in [-0.2, -0.15) is 0 Å². The van der Waals surface area contributed by atoms with Crippen LogP contribution in [0, 0.1) is 5.82 Å². The van der Waals surface area contributed by atoms with Gasteiger partial charge in [0.2, 0.25) is 5.91 Å². The van der Waals surface area contributed by atoms with Crippen molar-refractivity contribution < 1.29 is 9.18 Å². The number of halogens is 1. The Morgan fingerprint density at radius 2 is 2.00 bits per heavy atom. The molecule has 1 radical (unpaired) electrons. The first-order valence-electron chi connectivity index (χ1n) is 3.31. The average Bonchev–Trinajstić information content (AvgIpc) is 2.03.